The number of unbranched alkanes of at least 4 members (excludes halogenated alkanes) is 1. The smallest absolute Gasteiger partial charge is 0.128 e. The number of para-hydroxylation sites is 1. The molecule has 0 unspecified atom stereocenters. The van der Waals surface area contributed by atoms with Gasteiger partial charge >= 0.3 is 0 Å². The Morgan fingerprint density at radius 3 is 2.12 bits per heavy atom. The molecule has 0 atom stereocenters. The van der Waals surface area contributed by atoms with E-state index in [2.05, 4.69) is 68.5 Å². The van der Waals surface area contributed by atoms with Crippen molar-refractivity contribution < 1.29 is 3.89 Å². The van der Waals surface area contributed by atoms with Crippen LogP contribution in [0.1, 0.15) is 85.4 Å². The third kappa shape index (κ3) is 12.5. The minimum atomic E-state index is 0.203. The number of benzene rings is 1. The molecule has 1 heterocycles. The Balaban J connectivity index is 0.00000299. The molecule has 0 aliphatic rings. The third-order valence-electron chi connectivity index (χ3n) is 6.06. The van der Waals surface area contributed by atoms with Gasteiger partial charge in [-0.05, 0) is 68.9 Å². The molecule has 41 heavy (non-hydrogen) atoms. The predicted octanol–water partition coefficient (Wildman–Crippen LogP) is 9.94. The van der Waals surface area contributed by atoms with E-state index in [0.717, 1.165) is 77.5 Å². The summed E-state index contributed by atoms with van der Waals surface area (Å²) in [5.41, 5.74) is 7.93. The van der Waals surface area contributed by atoms with E-state index in [4.69, 9.17) is 0 Å². The zero-order valence-corrected chi connectivity index (χ0v) is 27.8. The molecule has 0 radical (unpaired) electrons. The number of nitrogens with one attached hydrogen (secondary N) is 3. The summed E-state index contributed by atoms with van der Waals surface area (Å²) in [5.74, 6) is 0.757. The lowest BCUT2D eigenvalue weighted by Crippen LogP contribution is -2.22. The standard InChI is InChI=1S/C29H40FN5S.C3H8.C2H6/c1-9-21(4)29(20(2)3)23(6)32-16-12-13-17-33-28(35-24(7)27(36-30)19-34-35)18-22(5)25-14-10-11-15-26(25)31-8;1-3-2;1-2/h10-11,14-15,18-19,31-33H,2,5-6,9,12-13,16-17H2,1,3-4,7-8H3;3H2,1-2H3;1-2H3/b28-18-,29-21+;;. The number of nitrogens with zero attached hydrogens (tertiary/aromatic N) is 2. The van der Waals surface area contributed by atoms with Gasteiger partial charge in [0, 0.05) is 37.1 Å². The highest BCUT2D eigenvalue weighted by Crippen LogP contribution is 2.27. The summed E-state index contributed by atoms with van der Waals surface area (Å²) >= 11 is 0.203. The number of aromatic nitrogens is 2. The van der Waals surface area contributed by atoms with Crippen molar-refractivity contribution in [3.63, 3.8) is 0 Å². The molecule has 7 heteroatoms. The highest BCUT2D eigenvalue weighted by atomic mass is 32.2. The van der Waals surface area contributed by atoms with E-state index in [-0.39, 0.29) is 12.1 Å². The number of anilines is 1. The Hall–Kier alpha value is -3.19. The first-order chi connectivity index (χ1) is 19.7. The van der Waals surface area contributed by atoms with Crippen LogP contribution in [-0.4, -0.2) is 29.9 Å². The molecule has 0 saturated heterocycles. The SMILES string of the molecule is C=C(C)/C(C(=C)NCCCCN/C(=C/C(=C)c1ccccc1NC)n1ncc(SF)c1C)=C(/C)CC.CC.CCC. The number of hydrogen-bond acceptors (Lipinski definition) is 5. The summed E-state index contributed by atoms with van der Waals surface area (Å²) in [6.07, 6.45) is 7.62. The van der Waals surface area contributed by atoms with Gasteiger partial charge in [-0.2, -0.15) is 8.98 Å². The largest absolute Gasteiger partial charge is 0.388 e. The maximum atomic E-state index is 13.3. The highest BCUT2D eigenvalue weighted by Gasteiger charge is 2.13. The lowest BCUT2D eigenvalue weighted by Gasteiger charge is -2.17. The van der Waals surface area contributed by atoms with Crippen molar-refractivity contribution >= 4 is 29.2 Å². The van der Waals surface area contributed by atoms with Crippen LogP contribution >= 0.6 is 12.1 Å². The molecule has 1 aromatic heterocycles. The fourth-order valence-corrected chi connectivity index (χ4v) is 4.26. The van der Waals surface area contributed by atoms with E-state index in [1.807, 2.05) is 65.1 Å². The van der Waals surface area contributed by atoms with Gasteiger partial charge in [0.25, 0.3) is 0 Å². The van der Waals surface area contributed by atoms with E-state index in [9.17, 15) is 3.89 Å². The molecule has 0 aliphatic carbocycles. The molecule has 3 N–H and O–H groups in total. The second kappa shape index (κ2) is 21.5. The summed E-state index contributed by atoms with van der Waals surface area (Å²) in [7, 11) is 1.89. The van der Waals surface area contributed by atoms with Crippen LogP contribution < -0.4 is 16.0 Å². The van der Waals surface area contributed by atoms with Crippen molar-refractivity contribution in [1.82, 2.24) is 20.4 Å². The molecular weight excluding hydrogens is 529 g/mol. The minimum absolute atomic E-state index is 0.203. The van der Waals surface area contributed by atoms with Crippen molar-refractivity contribution in [3.05, 3.63) is 89.9 Å². The minimum Gasteiger partial charge on any atom is -0.388 e. The highest BCUT2D eigenvalue weighted by molar-refractivity contribution is 7.94. The van der Waals surface area contributed by atoms with Gasteiger partial charge in [0.15, 0.2) is 0 Å². The normalized spacial score (nSPS) is 11.2. The molecule has 0 fully saturated rings. The lowest BCUT2D eigenvalue weighted by atomic mass is 9.99. The van der Waals surface area contributed by atoms with Crippen LogP contribution in [0.3, 0.4) is 0 Å². The van der Waals surface area contributed by atoms with E-state index in [0.29, 0.717) is 4.90 Å². The number of rotatable bonds is 15. The zero-order valence-electron chi connectivity index (χ0n) is 27.0. The summed E-state index contributed by atoms with van der Waals surface area (Å²) < 4.78 is 15.0. The van der Waals surface area contributed by atoms with E-state index >= 15 is 0 Å². The van der Waals surface area contributed by atoms with Crippen molar-refractivity contribution in [2.24, 2.45) is 0 Å². The maximum Gasteiger partial charge on any atom is 0.128 e. The Morgan fingerprint density at radius 2 is 1.61 bits per heavy atom. The van der Waals surface area contributed by atoms with Crippen LogP contribution in [-0.2, 0) is 0 Å². The average molecular weight is 584 g/mol. The molecule has 228 valence electrons. The van der Waals surface area contributed by atoms with Crippen LogP contribution in [0.2, 0.25) is 0 Å². The lowest BCUT2D eigenvalue weighted by molar-refractivity contribution is 0.647. The van der Waals surface area contributed by atoms with Gasteiger partial charge in [-0.15, -0.1) is 0 Å². The molecule has 5 nitrogen and oxygen atoms in total. The molecular formula is C34H54FN5S. The van der Waals surface area contributed by atoms with Crippen molar-refractivity contribution in [2.45, 2.75) is 86.0 Å². The fourth-order valence-electron chi connectivity index (χ4n) is 3.97. The first kappa shape index (κ1) is 37.8. The van der Waals surface area contributed by atoms with Crippen LogP contribution in [0, 0.1) is 6.92 Å². The zero-order chi connectivity index (χ0) is 31.4. The molecule has 0 aliphatic heterocycles. The Kier molecular flexibility index (Phi) is 19.9. The first-order valence-electron chi connectivity index (χ1n) is 14.7. The summed E-state index contributed by atoms with van der Waals surface area (Å²) in [6, 6.07) is 8.00. The summed E-state index contributed by atoms with van der Waals surface area (Å²) in [6.45, 7) is 30.5. The molecule has 1 aromatic carbocycles. The fraction of sp³-hybridized carbons (Fsp3) is 0.441. The second-order valence-corrected chi connectivity index (χ2v) is 10.1. The first-order valence-corrected chi connectivity index (χ1v) is 15.4. The van der Waals surface area contributed by atoms with Crippen LogP contribution in [0.5, 0.6) is 0 Å². The quantitative estimate of drug-likeness (QED) is 0.144. The maximum absolute atomic E-state index is 13.3. The summed E-state index contributed by atoms with van der Waals surface area (Å²) in [4.78, 5) is 0.496. The van der Waals surface area contributed by atoms with Crippen molar-refractivity contribution in [3.8, 4) is 0 Å². The molecule has 0 amide bonds. The van der Waals surface area contributed by atoms with Crippen molar-refractivity contribution in [2.75, 3.05) is 25.5 Å². The van der Waals surface area contributed by atoms with Gasteiger partial charge in [-0.25, -0.2) is 4.68 Å². The van der Waals surface area contributed by atoms with Gasteiger partial charge < -0.3 is 16.0 Å². The average Bonchev–Trinajstić information content (AvgIpc) is 3.35. The van der Waals surface area contributed by atoms with Gasteiger partial charge in [0.05, 0.1) is 28.9 Å². The Morgan fingerprint density at radius 1 is 1.02 bits per heavy atom. The number of allylic oxidation sites excluding steroid dienone is 4. The topological polar surface area (TPSA) is 53.9 Å². The number of hydrogen-bond donors (Lipinski definition) is 3. The Bertz CT molecular complexity index is 1160. The Labute approximate surface area is 254 Å². The summed E-state index contributed by atoms with van der Waals surface area (Å²) in [5, 5.41) is 14.5. The van der Waals surface area contributed by atoms with Gasteiger partial charge in [0.2, 0.25) is 0 Å². The van der Waals surface area contributed by atoms with Crippen LogP contribution in [0.25, 0.3) is 11.4 Å². The molecule has 0 saturated carbocycles. The third-order valence-corrected chi connectivity index (χ3v) is 6.63. The molecule has 2 aromatic rings. The van der Waals surface area contributed by atoms with Gasteiger partial charge in [-0.3, -0.25) is 0 Å². The van der Waals surface area contributed by atoms with Crippen LogP contribution in [0.4, 0.5) is 9.57 Å². The van der Waals surface area contributed by atoms with Crippen molar-refractivity contribution in [1.29, 1.82) is 0 Å². The van der Waals surface area contributed by atoms with E-state index in [1.54, 1.807) is 10.9 Å². The van der Waals surface area contributed by atoms with Crippen LogP contribution in [0.15, 0.2) is 83.6 Å². The molecule has 2 rings (SSSR count). The number of halogens is 1. The monoisotopic (exact) mass is 583 g/mol. The van der Waals surface area contributed by atoms with Gasteiger partial charge in [0.1, 0.15) is 5.82 Å². The molecule has 0 bridgehead atoms. The predicted molar refractivity (Wildman–Crippen MR) is 183 cm³/mol. The van der Waals surface area contributed by atoms with E-state index in [1.165, 1.54) is 12.0 Å². The van der Waals surface area contributed by atoms with E-state index < -0.39 is 0 Å². The molecule has 0 spiro atoms. The van der Waals surface area contributed by atoms with Gasteiger partial charge in [-0.1, -0.05) is 84.5 Å². The second-order valence-electron chi connectivity index (χ2n) is 9.47.